The van der Waals surface area contributed by atoms with Crippen molar-refractivity contribution in [3.63, 3.8) is 0 Å². The van der Waals surface area contributed by atoms with Crippen LogP contribution in [0.25, 0.3) is 11.0 Å². The summed E-state index contributed by atoms with van der Waals surface area (Å²) >= 11 is 0. The number of methoxy groups -OCH3 is 1. The molecule has 0 fully saturated rings. The summed E-state index contributed by atoms with van der Waals surface area (Å²) in [6, 6.07) is 5.25. The Bertz CT molecular complexity index is 975. The Morgan fingerprint density at radius 1 is 1.24 bits per heavy atom. The van der Waals surface area contributed by atoms with Crippen molar-refractivity contribution in [1.29, 1.82) is 0 Å². The molecule has 0 unspecified atom stereocenters. The van der Waals surface area contributed by atoms with Gasteiger partial charge in [-0.05, 0) is 30.3 Å². The van der Waals surface area contributed by atoms with Gasteiger partial charge in [-0.15, -0.1) is 0 Å². The van der Waals surface area contributed by atoms with E-state index in [1.807, 2.05) is 0 Å². The number of carbonyl (C=O) groups is 1. The van der Waals surface area contributed by atoms with Crippen LogP contribution in [0.1, 0.15) is 34.1 Å². The van der Waals surface area contributed by atoms with Crippen LogP contribution in [-0.4, -0.2) is 12.9 Å². The van der Waals surface area contributed by atoms with Gasteiger partial charge >= 0.3 is 0 Å². The minimum Gasteiger partial charge on any atom is -0.497 e. The summed E-state index contributed by atoms with van der Waals surface area (Å²) in [6.45, 7) is 1.80. The summed E-state index contributed by atoms with van der Waals surface area (Å²) in [4.78, 5) is 13.0. The zero-order chi connectivity index (χ0) is 18.3. The SMILES string of the molecule is [2H]c1c([2H])c([2H])c2c(C(=O)c3ccc(OC)cc3)c(CC)oc2c1[2H]. The van der Waals surface area contributed by atoms with Crippen molar-refractivity contribution in [3.8, 4) is 5.75 Å². The lowest BCUT2D eigenvalue weighted by Crippen LogP contribution is -2.03. The summed E-state index contributed by atoms with van der Waals surface area (Å²) in [5.74, 6) is 0.623. The van der Waals surface area contributed by atoms with Crippen LogP contribution in [0.2, 0.25) is 0 Å². The molecule has 1 heterocycles. The fraction of sp³-hybridized carbons (Fsp3) is 0.167. The van der Waals surface area contributed by atoms with Crippen LogP contribution < -0.4 is 4.74 Å². The van der Waals surface area contributed by atoms with Crippen LogP contribution in [0.3, 0.4) is 0 Å². The molecule has 106 valence electrons. The summed E-state index contributed by atoms with van der Waals surface area (Å²) in [5.41, 5.74) is 0.597. The molecular formula is C18H16O3. The normalized spacial score (nSPS) is 13.4. The summed E-state index contributed by atoms with van der Waals surface area (Å²) < 4.78 is 42.5. The average molecular weight is 284 g/mol. The van der Waals surface area contributed by atoms with Crippen molar-refractivity contribution in [2.45, 2.75) is 13.3 Å². The number of hydrogen-bond donors (Lipinski definition) is 0. The van der Waals surface area contributed by atoms with E-state index in [4.69, 9.17) is 14.6 Å². The highest BCUT2D eigenvalue weighted by molar-refractivity contribution is 6.16. The highest BCUT2D eigenvalue weighted by Crippen LogP contribution is 2.28. The number of furan rings is 1. The lowest BCUT2D eigenvalue weighted by atomic mass is 9.99. The van der Waals surface area contributed by atoms with Gasteiger partial charge in [-0.2, -0.15) is 0 Å². The standard InChI is InChI=1S/C18H16O3/c1-3-15-17(14-6-4-5-7-16(14)21-15)18(19)12-8-10-13(20-2)11-9-12/h4-11H,3H2,1-2H3/i4D,5D,6D,7D. The number of rotatable bonds is 4. The molecule has 0 saturated carbocycles. The molecule has 3 aromatic rings. The third-order valence-corrected chi connectivity index (χ3v) is 3.31. The Kier molecular flexibility index (Phi) is 2.44. The largest absolute Gasteiger partial charge is 0.497 e. The smallest absolute Gasteiger partial charge is 0.197 e. The molecule has 0 spiro atoms. The van der Waals surface area contributed by atoms with Crippen LogP contribution >= 0.6 is 0 Å². The third kappa shape index (κ3) is 2.31. The van der Waals surface area contributed by atoms with Gasteiger partial charge < -0.3 is 9.15 Å². The second kappa shape index (κ2) is 5.44. The van der Waals surface area contributed by atoms with E-state index >= 15 is 0 Å². The Labute approximate surface area is 128 Å². The first-order valence-electron chi connectivity index (χ1n) is 8.61. The lowest BCUT2D eigenvalue weighted by molar-refractivity contribution is 0.103. The fourth-order valence-corrected chi connectivity index (χ4v) is 2.24. The number of ketones is 1. The van der Waals surface area contributed by atoms with Gasteiger partial charge in [0.05, 0.1) is 18.2 Å². The first-order chi connectivity index (χ1) is 11.9. The molecular weight excluding hydrogens is 264 g/mol. The predicted molar refractivity (Wildman–Crippen MR) is 82.0 cm³/mol. The molecule has 0 radical (unpaired) electrons. The maximum atomic E-state index is 13.0. The summed E-state index contributed by atoms with van der Waals surface area (Å²) in [7, 11) is 1.53. The maximum Gasteiger partial charge on any atom is 0.197 e. The molecule has 0 aliphatic heterocycles. The van der Waals surface area contributed by atoms with Gasteiger partial charge in [-0.3, -0.25) is 4.79 Å². The quantitative estimate of drug-likeness (QED) is 0.673. The van der Waals surface area contributed by atoms with Gasteiger partial charge in [0.25, 0.3) is 0 Å². The number of fused-ring (bicyclic) bond motifs is 1. The van der Waals surface area contributed by atoms with E-state index in [-0.39, 0.29) is 46.5 Å². The fourth-order valence-electron chi connectivity index (χ4n) is 2.24. The molecule has 0 aliphatic carbocycles. The van der Waals surface area contributed by atoms with E-state index in [9.17, 15) is 4.79 Å². The van der Waals surface area contributed by atoms with Gasteiger partial charge in [0.2, 0.25) is 0 Å². The Morgan fingerprint density at radius 3 is 2.62 bits per heavy atom. The molecule has 0 aliphatic rings. The van der Waals surface area contributed by atoms with Crippen molar-refractivity contribution in [1.82, 2.24) is 0 Å². The highest BCUT2D eigenvalue weighted by atomic mass is 16.5. The summed E-state index contributed by atoms with van der Waals surface area (Å²) in [5, 5.41) is 0.128. The van der Waals surface area contributed by atoms with Gasteiger partial charge in [0.1, 0.15) is 17.1 Å². The van der Waals surface area contributed by atoms with Crippen LogP contribution in [0.5, 0.6) is 5.75 Å². The Morgan fingerprint density at radius 2 is 1.95 bits per heavy atom. The molecule has 0 amide bonds. The maximum absolute atomic E-state index is 13.0. The van der Waals surface area contributed by atoms with Crippen molar-refractivity contribution in [2.75, 3.05) is 7.11 Å². The van der Waals surface area contributed by atoms with E-state index < -0.39 is 0 Å². The Hall–Kier alpha value is -2.55. The van der Waals surface area contributed by atoms with Gasteiger partial charge in [-0.1, -0.05) is 25.1 Å². The van der Waals surface area contributed by atoms with Gasteiger partial charge in [0, 0.05) is 17.4 Å². The number of para-hydroxylation sites is 1. The lowest BCUT2D eigenvalue weighted by Gasteiger charge is -2.03. The number of ether oxygens (including phenoxy) is 1. The van der Waals surface area contributed by atoms with E-state index in [0.29, 0.717) is 23.5 Å². The molecule has 0 bridgehead atoms. The predicted octanol–water partition coefficient (Wildman–Crippen LogP) is 4.23. The van der Waals surface area contributed by atoms with Crippen molar-refractivity contribution in [3.05, 3.63) is 65.3 Å². The van der Waals surface area contributed by atoms with Crippen molar-refractivity contribution >= 4 is 16.8 Å². The van der Waals surface area contributed by atoms with Crippen LogP contribution in [-0.2, 0) is 6.42 Å². The van der Waals surface area contributed by atoms with E-state index in [1.54, 1.807) is 31.2 Å². The first-order valence-corrected chi connectivity index (χ1v) is 6.61. The minimum atomic E-state index is -0.385. The molecule has 3 rings (SSSR count). The zero-order valence-corrected chi connectivity index (χ0v) is 11.7. The Balaban J connectivity index is 2.28. The first kappa shape index (κ1) is 9.40. The van der Waals surface area contributed by atoms with Crippen molar-refractivity contribution < 1.29 is 19.4 Å². The number of hydrogen-bond acceptors (Lipinski definition) is 3. The molecule has 0 saturated heterocycles. The van der Waals surface area contributed by atoms with Crippen molar-refractivity contribution in [2.24, 2.45) is 0 Å². The third-order valence-electron chi connectivity index (χ3n) is 3.31. The van der Waals surface area contributed by atoms with E-state index in [2.05, 4.69) is 0 Å². The zero-order valence-electron chi connectivity index (χ0n) is 15.7. The molecule has 2 aromatic carbocycles. The number of benzene rings is 2. The molecule has 3 heteroatoms. The molecule has 0 atom stereocenters. The summed E-state index contributed by atoms with van der Waals surface area (Å²) in [6.07, 6.45) is 0.394. The second-order valence-electron chi connectivity index (χ2n) is 4.52. The number of carbonyl (C=O) groups excluding carboxylic acids is 1. The topological polar surface area (TPSA) is 39.4 Å². The average Bonchev–Trinajstić information content (AvgIpc) is 3.04. The molecule has 1 aromatic heterocycles. The molecule has 3 nitrogen and oxygen atoms in total. The molecule has 21 heavy (non-hydrogen) atoms. The number of aryl methyl sites for hydroxylation is 1. The van der Waals surface area contributed by atoms with Crippen LogP contribution in [0.15, 0.2) is 52.9 Å². The molecule has 0 N–H and O–H groups in total. The van der Waals surface area contributed by atoms with E-state index in [0.717, 1.165) is 0 Å². The van der Waals surface area contributed by atoms with E-state index in [1.165, 1.54) is 7.11 Å². The minimum absolute atomic E-state index is 0.0136. The highest BCUT2D eigenvalue weighted by Gasteiger charge is 2.20. The van der Waals surface area contributed by atoms with Gasteiger partial charge in [0.15, 0.2) is 5.78 Å². The van der Waals surface area contributed by atoms with Crippen LogP contribution in [0.4, 0.5) is 0 Å². The second-order valence-corrected chi connectivity index (χ2v) is 4.52. The monoisotopic (exact) mass is 284 g/mol. The van der Waals surface area contributed by atoms with Crippen LogP contribution in [0, 0.1) is 0 Å². The van der Waals surface area contributed by atoms with Gasteiger partial charge in [-0.25, -0.2) is 0 Å².